The largest absolute Gasteiger partial charge is 0.342 e. The third-order valence-electron chi connectivity index (χ3n) is 8.23. The molecule has 0 aromatic rings. The molecular weight excluding hydrogens is 435 g/mol. The molecule has 0 radical (unpaired) electrons. The SMILES string of the molecule is BC1C=NN2C(NCC3C=NCCC3)CC(C3CCN(C(=O)C4CCCC(Cl)C4)CC3)=NC12. The number of piperidine rings is 1. The van der Waals surface area contributed by atoms with Gasteiger partial charge in [0.25, 0.3) is 0 Å². The summed E-state index contributed by atoms with van der Waals surface area (Å²) in [6, 6.07) is 0. The predicted molar refractivity (Wildman–Crippen MR) is 137 cm³/mol. The smallest absolute Gasteiger partial charge is 0.225 e. The lowest BCUT2D eigenvalue weighted by atomic mass is 9.83. The van der Waals surface area contributed by atoms with Gasteiger partial charge in [-0.25, -0.2) is 0 Å². The molecule has 1 aliphatic carbocycles. The van der Waals surface area contributed by atoms with Crippen molar-refractivity contribution < 1.29 is 4.79 Å². The van der Waals surface area contributed by atoms with Crippen LogP contribution >= 0.6 is 11.6 Å². The van der Waals surface area contributed by atoms with E-state index in [0.29, 0.717) is 23.6 Å². The van der Waals surface area contributed by atoms with Crippen LogP contribution in [-0.4, -0.2) is 85.7 Å². The van der Waals surface area contributed by atoms with Gasteiger partial charge < -0.3 is 4.90 Å². The van der Waals surface area contributed by atoms with Gasteiger partial charge >= 0.3 is 0 Å². The van der Waals surface area contributed by atoms with Crippen LogP contribution in [0.15, 0.2) is 15.1 Å². The van der Waals surface area contributed by atoms with Crippen LogP contribution in [0.4, 0.5) is 0 Å². The number of likely N-dealkylation sites (tertiary alicyclic amines) is 1. The van der Waals surface area contributed by atoms with Crippen LogP contribution in [0, 0.1) is 17.8 Å². The first-order valence-corrected chi connectivity index (χ1v) is 13.6. The summed E-state index contributed by atoms with van der Waals surface area (Å²) in [5.74, 6) is 1.79. The van der Waals surface area contributed by atoms with Gasteiger partial charge in [0.1, 0.15) is 20.2 Å². The first-order chi connectivity index (χ1) is 16.1. The Kier molecular flexibility index (Phi) is 7.40. The highest BCUT2D eigenvalue weighted by molar-refractivity contribution is 6.21. The minimum atomic E-state index is 0.105. The van der Waals surface area contributed by atoms with E-state index in [0.717, 1.165) is 71.1 Å². The van der Waals surface area contributed by atoms with E-state index in [4.69, 9.17) is 21.7 Å². The van der Waals surface area contributed by atoms with Crippen LogP contribution in [0.25, 0.3) is 0 Å². The zero-order chi connectivity index (χ0) is 22.8. The number of halogens is 1. The van der Waals surface area contributed by atoms with E-state index in [1.165, 1.54) is 18.6 Å². The van der Waals surface area contributed by atoms with Crippen molar-refractivity contribution in [3.8, 4) is 0 Å². The lowest BCUT2D eigenvalue weighted by Gasteiger charge is -2.41. The summed E-state index contributed by atoms with van der Waals surface area (Å²) in [5.41, 5.74) is 1.33. The maximum absolute atomic E-state index is 13.1. The summed E-state index contributed by atoms with van der Waals surface area (Å²) < 4.78 is 0. The van der Waals surface area contributed by atoms with Crippen LogP contribution < -0.4 is 5.32 Å². The summed E-state index contributed by atoms with van der Waals surface area (Å²) in [6.07, 6.45) is 13.8. The number of nitrogens with zero attached hydrogens (tertiary/aromatic N) is 5. The number of amides is 1. The van der Waals surface area contributed by atoms with Crippen LogP contribution in [0.5, 0.6) is 0 Å². The van der Waals surface area contributed by atoms with Crippen molar-refractivity contribution in [2.45, 2.75) is 81.3 Å². The number of carbonyl (C=O) groups is 1. The number of hydrogen-bond donors (Lipinski definition) is 1. The van der Waals surface area contributed by atoms with Gasteiger partial charge in [-0.2, -0.15) is 5.10 Å². The quantitative estimate of drug-likeness (QED) is 0.493. The van der Waals surface area contributed by atoms with Crippen LogP contribution in [0.3, 0.4) is 0 Å². The summed E-state index contributed by atoms with van der Waals surface area (Å²) >= 11 is 6.35. The van der Waals surface area contributed by atoms with E-state index < -0.39 is 0 Å². The molecule has 0 bridgehead atoms. The molecule has 2 fully saturated rings. The maximum Gasteiger partial charge on any atom is 0.225 e. The second-order valence-corrected chi connectivity index (χ2v) is 11.3. The Labute approximate surface area is 203 Å². The van der Waals surface area contributed by atoms with Gasteiger partial charge in [-0.1, -0.05) is 6.42 Å². The molecule has 6 atom stereocenters. The molecule has 0 aromatic heterocycles. The number of carbonyl (C=O) groups excluding carboxylic acids is 1. The number of hydrazone groups is 1. The lowest BCUT2D eigenvalue weighted by molar-refractivity contribution is -0.137. The van der Waals surface area contributed by atoms with Gasteiger partial charge in [0, 0.05) is 79.7 Å². The number of aliphatic imine (C=N–C) groups is 2. The average molecular weight is 473 g/mol. The Hall–Kier alpha value is -1.41. The number of rotatable bonds is 5. The fourth-order valence-corrected chi connectivity index (χ4v) is 6.56. The number of hydrogen-bond acceptors (Lipinski definition) is 6. The second-order valence-electron chi connectivity index (χ2n) is 10.7. The first kappa shape index (κ1) is 23.3. The summed E-state index contributed by atoms with van der Waals surface area (Å²) in [5, 5.41) is 10.8. The van der Waals surface area contributed by atoms with Crippen molar-refractivity contribution in [2.24, 2.45) is 32.8 Å². The van der Waals surface area contributed by atoms with E-state index in [-0.39, 0.29) is 23.6 Å². The van der Waals surface area contributed by atoms with Crippen molar-refractivity contribution in [2.75, 3.05) is 26.2 Å². The number of fused-ring (bicyclic) bond motifs is 1. The minimum Gasteiger partial charge on any atom is -0.342 e. The van der Waals surface area contributed by atoms with E-state index in [1.807, 2.05) is 6.21 Å². The highest BCUT2D eigenvalue weighted by Crippen LogP contribution is 2.34. The van der Waals surface area contributed by atoms with Gasteiger partial charge in [0.2, 0.25) is 5.91 Å². The maximum atomic E-state index is 13.1. The van der Waals surface area contributed by atoms with Crippen LogP contribution in [-0.2, 0) is 4.79 Å². The molecule has 1 N–H and O–H groups in total. The molecule has 33 heavy (non-hydrogen) atoms. The molecule has 0 aromatic carbocycles. The molecule has 180 valence electrons. The monoisotopic (exact) mass is 472 g/mol. The Balaban J connectivity index is 1.19. The Bertz CT molecular complexity index is 798. The molecule has 9 heteroatoms. The minimum absolute atomic E-state index is 0.105. The predicted octanol–water partition coefficient (Wildman–Crippen LogP) is 2.31. The normalized spacial score (nSPS) is 37.2. The standard InChI is InChI=1S/C24H38BClN6O/c25-20-15-29-32-22(28-14-16-3-2-8-27-13-16)12-21(30-23(20)32)17-6-9-31(10-7-17)24(33)18-4-1-5-19(26)11-18/h13,15-20,22-23,28H,1-12,14,25H2. The van der Waals surface area contributed by atoms with E-state index in [1.54, 1.807) is 0 Å². The highest BCUT2D eigenvalue weighted by atomic mass is 35.5. The first-order valence-electron chi connectivity index (χ1n) is 13.1. The molecule has 4 heterocycles. The van der Waals surface area contributed by atoms with E-state index in [9.17, 15) is 4.79 Å². The zero-order valence-electron chi connectivity index (χ0n) is 19.9. The molecule has 4 aliphatic heterocycles. The molecule has 7 nitrogen and oxygen atoms in total. The highest BCUT2D eigenvalue weighted by Gasteiger charge is 2.40. The second kappa shape index (κ2) is 10.5. The third kappa shape index (κ3) is 5.32. The molecule has 5 aliphatic rings. The summed E-state index contributed by atoms with van der Waals surface area (Å²) in [7, 11) is 2.21. The topological polar surface area (TPSA) is 72.7 Å². The van der Waals surface area contributed by atoms with Crippen molar-refractivity contribution in [3.63, 3.8) is 0 Å². The van der Waals surface area contributed by atoms with Gasteiger partial charge in [-0.3, -0.25) is 25.1 Å². The summed E-state index contributed by atoms with van der Waals surface area (Å²) in [6.45, 7) is 3.62. The van der Waals surface area contributed by atoms with E-state index in [2.05, 4.69) is 34.3 Å². The van der Waals surface area contributed by atoms with E-state index >= 15 is 0 Å². The van der Waals surface area contributed by atoms with Gasteiger partial charge in [0.15, 0.2) is 0 Å². The van der Waals surface area contributed by atoms with Crippen molar-refractivity contribution >= 4 is 43.5 Å². The van der Waals surface area contributed by atoms with Crippen LogP contribution in [0.2, 0.25) is 5.82 Å². The Morgan fingerprint density at radius 2 is 2.00 bits per heavy atom. The third-order valence-corrected chi connectivity index (χ3v) is 8.62. The van der Waals surface area contributed by atoms with Crippen LogP contribution in [0.1, 0.15) is 57.8 Å². The zero-order valence-corrected chi connectivity index (χ0v) is 20.7. The fraction of sp³-hybridized carbons (Fsp3) is 0.833. The number of alkyl halides is 1. The Morgan fingerprint density at radius 1 is 1.15 bits per heavy atom. The van der Waals surface area contributed by atoms with Crippen molar-refractivity contribution in [1.29, 1.82) is 0 Å². The van der Waals surface area contributed by atoms with Crippen molar-refractivity contribution in [1.82, 2.24) is 15.2 Å². The molecular formula is C24H38BClN6O. The lowest BCUT2D eigenvalue weighted by Crippen LogP contribution is -2.53. The fourth-order valence-electron chi connectivity index (χ4n) is 6.19. The molecule has 1 saturated carbocycles. The van der Waals surface area contributed by atoms with Crippen molar-refractivity contribution in [3.05, 3.63) is 0 Å². The average Bonchev–Trinajstić information content (AvgIpc) is 3.23. The molecule has 0 spiro atoms. The summed E-state index contributed by atoms with van der Waals surface area (Å²) in [4.78, 5) is 24.8. The Morgan fingerprint density at radius 3 is 2.76 bits per heavy atom. The molecule has 1 amide bonds. The van der Waals surface area contributed by atoms with Gasteiger partial charge in [-0.15, -0.1) is 11.6 Å². The number of nitrogens with one attached hydrogen (secondary N) is 1. The molecule has 5 rings (SSSR count). The molecule has 1 saturated heterocycles. The molecule has 6 unspecified atom stereocenters. The van der Waals surface area contributed by atoms with Gasteiger partial charge in [0.05, 0.1) is 0 Å². The van der Waals surface area contributed by atoms with Gasteiger partial charge in [-0.05, 0) is 44.9 Å².